The SMILES string of the molecule is C/C=N/N/C=C/C1Nc2ccc3n[nH]c(CO)c3c2C2=C1CCCC2.CC(N)=C(C=N)c1nc2ccc3n[nH]c(C)c3c2c2c1CCCC2.CCCCC1=CC(c2cn[nH]c2)NC=C1c1cn[nH]c1/C=C/F.CCCc1c(-c2ccc3c(c2)C(C)=NC3)nc2c(c1C)C1C(C)=NNC1C=C2.OB(O)c1ccc(-c2nc3ccc4[nH]ncc4c3c3c2CCCC3)o1. The van der Waals surface area contributed by atoms with Gasteiger partial charge in [-0.25, -0.2) is 19.3 Å². The minimum Gasteiger partial charge on any atom is -0.463 e. The van der Waals surface area contributed by atoms with Crippen molar-refractivity contribution in [2.75, 3.05) is 5.32 Å². The lowest BCUT2D eigenvalue weighted by Gasteiger charge is -2.34. The average molecular weight is 1670 g/mol. The molecule has 0 spiro atoms. The summed E-state index contributed by atoms with van der Waals surface area (Å²) in [4.78, 5) is 19.6. The van der Waals surface area contributed by atoms with Crippen molar-refractivity contribution in [2.45, 2.75) is 202 Å². The number of nitrogens with two attached hydrogens (primary N) is 1. The van der Waals surface area contributed by atoms with E-state index in [2.05, 4.69) is 178 Å². The summed E-state index contributed by atoms with van der Waals surface area (Å²) in [7, 11) is -1.62. The van der Waals surface area contributed by atoms with Gasteiger partial charge in [-0.15, -0.1) is 0 Å². The number of furan rings is 1. The molecule has 13 aromatic rings. The molecule has 0 saturated carbocycles. The normalized spacial score (nSPS) is 18.0. The van der Waals surface area contributed by atoms with Gasteiger partial charge in [0.2, 0.25) is 0 Å². The van der Waals surface area contributed by atoms with Crippen LogP contribution < -0.4 is 32.9 Å². The third-order valence-corrected chi connectivity index (χ3v) is 25.4. The number of rotatable bonds is 17. The predicted octanol–water partition coefficient (Wildman–Crippen LogP) is 17.5. The monoisotopic (exact) mass is 1670 g/mol. The lowest BCUT2D eigenvalue weighted by atomic mass is 9.79. The zero-order valence-electron chi connectivity index (χ0n) is 71.9. The van der Waals surface area contributed by atoms with E-state index in [1.807, 2.05) is 75.2 Å². The van der Waals surface area contributed by atoms with Gasteiger partial charge in [-0.05, 0) is 272 Å². The maximum absolute atomic E-state index is 12.6. The maximum atomic E-state index is 12.6. The first-order valence-corrected chi connectivity index (χ1v) is 43.7. The molecule has 8 aliphatic rings. The number of allylic oxidation sites excluding steroid dienone is 5. The third kappa shape index (κ3) is 16.5. The van der Waals surface area contributed by atoms with E-state index >= 15 is 0 Å². The number of dihydropyridines is 1. The van der Waals surface area contributed by atoms with E-state index in [1.165, 1.54) is 126 Å². The van der Waals surface area contributed by atoms with Gasteiger partial charge in [0, 0.05) is 125 Å². The highest BCUT2D eigenvalue weighted by Crippen LogP contribution is 2.48. The Labute approximate surface area is 724 Å². The quantitative estimate of drug-likeness (QED) is 0.0229. The summed E-state index contributed by atoms with van der Waals surface area (Å²) in [5.74, 6) is 0.877. The minimum atomic E-state index is -1.62. The Morgan fingerprint density at radius 3 is 2.30 bits per heavy atom. The molecule has 4 aliphatic heterocycles. The first kappa shape index (κ1) is 83.9. The Kier molecular flexibility index (Phi) is 24.9. The average Bonchev–Trinajstić information content (AvgIpc) is 1.74. The Morgan fingerprint density at radius 2 is 1.53 bits per heavy atom. The number of aryl methyl sites for hydroxylation is 3. The molecule has 9 aromatic heterocycles. The molecule has 0 saturated heterocycles. The summed E-state index contributed by atoms with van der Waals surface area (Å²) in [6.07, 6.45) is 43.4. The molecule has 15 N–H and O–H groups in total. The molecule has 0 fully saturated rings. The smallest absolute Gasteiger partial charge is 0.463 e. The predicted molar refractivity (Wildman–Crippen MR) is 500 cm³/mol. The van der Waals surface area contributed by atoms with E-state index in [9.17, 15) is 19.5 Å². The molecule has 0 radical (unpaired) electrons. The highest BCUT2D eigenvalue weighted by atomic mass is 19.1. The van der Waals surface area contributed by atoms with Crippen molar-refractivity contribution in [3.63, 3.8) is 0 Å². The highest BCUT2D eigenvalue weighted by Gasteiger charge is 2.37. The third-order valence-electron chi connectivity index (χ3n) is 25.4. The summed E-state index contributed by atoms with van der Waals surface area (Å²) in [5, 5.41) is 93.1. The Morgan fingerprint density at radius 1 is 0.768 bits per heavy atom. The molecular formula is C97H106BFN22O4. The maximum Gasteiger partial charge on any atom is 0.526 e. The van der Waals surface area contributed by atoms with E-state index in [1.54, 1.807) is 24.5 Å². The number of benzene rings is 4. The number of nitrogens with one attached hydrogen (secondary N) is 10. The van der Waals surface area contributed by atoms with Crippen molar-refractivity contribution in [2.24, 2.45) is 20.9 Å². The second-order valence-electron chi connectivity index (χ2n) is 33.2. The van der Waals surface area contributed by atoms with E-state index < -0.39 is 7.12 Å². The van der Waals surface area contributed by atoms with Gasteiger partial charge in [0.1, 0.15) is 11.4 Å². The van der Waals surface area contributed by atoms with E-state index in [0.29, 0.717) is 29.4 Å². The van der Waals surface area contributed by atoms with Crippen molar-refractivity contribution >= 4 is 126 Å². The zero-order chi connectivity index (χ0) is 86.5. The molecule has 26 nitrogen and oxygen atoms in total. The van der Waals surface area contributed by atoms with Gasteiger partial charge in [-0.3, -0.25) is 35.9 Å². The fraction of sp³-hybridized carbons (Fsp3) is 0.320. The number of nitrogens with zero attached hydrogens (tertiary/aromatic N) is 11. The Hall–Kier alpha value is -13.3. The van der Waals surface area contributed by atoms with Crippen molar-refractivity contribution < 1.29 is 24.0 Å². The summed E-state index contributed by atoms with van der Waals surface area (Å²) < 4.78 is 18.2. The van der Waals surface area contributed by atoms with Gasteiger partial charge in [-0.2, -0.15) is 35.7 Å². The lowest BCUT2D eigenvalue weighted by molar-refractivity contribution is 0.278. The molecule has 4 atom stereocenters. The van der Waals surface area contributed by atoms with Crippen LogP contribution in [-0.2, 0) is 45.3 Å². The number of aliphatic hydroxyl groups is 1. The summed E-state index contributed by atoms with van der Waals surface area (Å²) in [6, 6.07) is 22.7. The van der Waals surface area contributed by atoms with Crippen LogP contribution >= 0.6 is 0 Å². The number of aliphatic imine (C=N–C) groups is 1. The van der Waals surface area contributed by atoms with Crippen LogP contribution in [0, 0.1) is 19.3 Å². The zero-order valence-corrected chi connectivity index (χ0v) is 71.9. The molecule has 125 heavy (non-hydrogen) atoms. The van der Waals surface area contributed by atoms with E-state index in [-0.39, 0.29) is 30.4 Å². The Bertz CT molecular complexity index is 6610. The molecule has 13 heterocycles. The number of halogens is 1. The minimum absolute atomic E-state index is 0.0299. The second kappa shape index (κ2) is 37.0. The van der Waals surface area contributed by atoms with Crippen LogP contribution in [0.1, 0.15) is 226 Å². The number of aliphatic hydroxyl groups excluding tert-OH is 1. The first-order chi connectivity index (χ1) is 61.1. The highest BCUT2D eigenvalue weighted by molar-refractivity contribution is 6.57. The van der Waals surface area contributed by atoms with Crippen LogP contribution in [0.15, 0.2) is 165 Å². The van der Waals surface area contributed by atoms with Crippen LogP contribution in [-0.4, -0.2) is 124 Å². The topological polar surface area (TPSA) is 391 Å². The van der Waals surface area contributed by atoms with Gasteiger partial charge >= 0.3 is 7.12 Å². The number of aromatic amines is 5. The van der Waals surface area contributed by atoms with Crippen LogP contribution in [0.25, 0.3) is 106 Å². The van der Waals surface area contributed by atoms with Gasteiger partial charge < -0.3 is 46.8 Å². The molecular weight excluding hydrogens is 1570 g/mol. The molecule has 4 aromatic carbocycles. The summed E-state index contributed by atoms with van der Waals surface area (Å²) in [5.41, 5.74) is 49.7. The standard InChI is InChI=1S/C24H26N4.C19H23N5O.C19H21N5.C18H16BN3O3.C17H20FN5/c1-5-6-18-13(2)22-20(9-10-21-23(22)15(4)27-28-21)26-24(18)16-7-8-17-12-25-14(3)19(17)11-16;1-2-20-21-10-9-14-12-5-3-4-6-13(12)18-15(22-14)7-8-16-19(18)17(11-25)24-23-16;1-10(21)14(9-20)19-13-6-4-3-5-12(13)18-15(22-19)7-8-16-17(18)11(2)23-24-16;23-19(24)16-8-7-15(25-16)18-11-4-2-1-3-10(11)17-12-9-20-22-13(12)5-6-14(17)21-18;1-2-3-4-12-7-17(13-8-20-21-9-13)19-10-14(12)15-11-22-23-16(15)5-6-18/h7-11,21,23,28H,5-6,12H2,1-4H3;2,7-10,14,21-22,25H,3-6,11H2,1H3,(H,23,24);7-9,20H,3-6,21H2,1-2H3,(H,23,24);5-9,23-24H,1-4H2,(H,20,22);5-11,17,19H,2-4H2,1H3,(H,20,21)(H,22,23)/b;10-9+,20-2+;;;6-5+. The van der Waals surface area contributed by atoms with E-state index in [0.717, 1.165) is 208 Å². The summed E-state index contributed by atoms with van der Waals surface area (Å²) in [6.45, 7) is 17.5. The van der Waals surface area contributed by atoms with Crippen molar-refractivity contribution in [1.29, 1.82) is 5.41 Å². The molecule has 28 heteroatoms. The van der Waals surface area contributed by atoms with Crippen molar-refractivity contribution in [3.8, 4) is 22.7 Å². The Balaban J connectivity index is 0.000000111. The fourth-order valence-electron chi connectivity index (χ4n) is 19.4. The van der Waals surface area contributed by atoms with Crippen molar-refractivity contribution in [1.82, 2.24) is 82.1 Å². The number of pyridine rings is 3. The van der Waals surface area contributed by atoms with Gasteiger partial charge in [0.15, 0.2) is 5.76 Å². The number of hydrogen-bond donors (Lipinski definition) is 14. The van der Waals surface area contributed by atoms with E-state index in [4.69, 9.17) is 30.5 Å². The first-order valence-electron chi connectivity index (χ1n) is 43.7. The van der Waals surface area contributed by atoms with Crippen LogP contribution in [0.2, 0.25) is 0 Å². The largest absolute Gasteiger partial charge is 0.526 e. The molecule has 4 aliphatic carbocycles. The van der Waals surface area contributed by atoms with Gasteiger partial charge in [0.25, 0.3) is 0 Å². The van der Waals surface area contributed by atoms with Crippen LogP contribution in [0.3, 0.4) is 0 Å². The molecule has 0 bridgehead atoms. The molecule has 4 unspecified atom stereocenters. The number of fused-ring (bicyclic) bond motifs is 18. The molecule has 0 amide bonds. The van der Waals surface area contributed by atoms with Crippen molar-refractivity contribution in [3.05, 3.63) is 241 Å². The number of H-pyrrole nitrogens is 5. The molecule has 638 valence electrons. The lowest BCUT2D eigenvalue weighted by Crippen LogP contribution is -2.29. The molecule has 21 rings (SSSR count). The van der Waals surface area contributed by atoms with Gasteiger partial charge in [-0.1, -0.05) is 51.0 Å². The fourth-order valence-corrected chi connectivity index (χ4v) is 19.4. The number of hydrazone groups is 2. The number of anilines is 1. The van der Waals surface area contributed by atoms with Crippen LogP contribution in [0.5, 0.6) is 0 Å². The number of unbranched alkanes of at least 4 members (excludes halogenated alkanes) is 1. The summed E-state index contributed by atoms with van der Waals surface area (Å²) >= 11 is 0. The second-order valence-corrected chi connectivity index (χ2v) is 33.2. The van der Waals surface area contributed by atoms with Crippen LogP contribution in [0.4, 0.5) is 10.1 Å². The number of hydrogen-bond acceptors (Lipinski definition) is 21. The van der Waals surface area contributed by atoms with Gasteiger partial charge in [0.05, 0.1) is 118 Å². The number of aromatic nitrogens is 13.